The molecule has 3 rings (SSSR count). The molecule has 0 saturated heterocycles. The van der Waals surface area contributed by atoms with Crippen molar-refractivity contribution in [3.63, 3.8) is 0 Å². The quantitative estimate of drug-likeness (QED) is 0.307. The van der Waals surface area contributed by atoms with Gasteiger partial charge in [0.2, 0.25) is 0 Å². The molecular weight excluding hydrogens is 412 g/mol. The summed E-state index contributed by atoms with van der Waals surface area (Å²) in [7, 11) is 0. The van der Waals surface area contributed by atoms with Crippen LogP contribution in [-0.2, 0) is 28.6 Å². The van der Waals surface area contributed by atoms with Crippen molar-refractivity contribution in [2.24, 2.45) is 11.8 Å². The van der Waals surface area contributed by atoms with Crippen LogP contribution in [0, 0.1) is 11.8 Å². The Kier molecular flexibility index (Phi) is 6.52. The molecule has 6 atom stereocenters. The number of allylic oxidation sites excluding steroid dienone is 2. The topological polar surface area (TPSA) is 99.1 Å². The Morgan fingerprint density at radius 1 is 1.12 bits per heavy atom. The standard InChI is InChI=1S/C25H32O7/c1-8-12(3)22(26)30-16-10-14(5)18-20(16)25(7,29)11-17(31-23(27)13(4)9-2)19-15(6)24(28)32-21(18)19/h8-10,16-18,20-21,29H,11H2,1-7H3/b12-8-,13-9-/t16-,17+,18-,20+,21+,25+/m1/s1. The third kappa shape index (κ3) is 4.06. The summed E-state index contributed by atoms with van der Waals surface area (Å²) >= 11 is 0. The van der Waals surface area contributed by atoms with Gasteiger partial charge in [0.05, 0.1) is 5.60 Å². The number of ether oxygens (including phenoxy) is 3. The van der Waals surface area contributed by atoms with Crippen LogP contribution in [0.25, 0.3) is 0 Å². The van der Waals surface area contributed by atoms with Gasteiger partial charge >= 0.3 is 17.9 Å². The minimum Gasteiger partial charge on any atom is -0.454 e. The summed E-state index contributed by atoms with van der Waals surface area (Å²) in [6, 6.07) is 0. The first-order chi connectivity index (χ1) is 14.9. The Balaban J connectivity index is 2.05. The molecule has 1 aliphatic heterocycles. The Hall–Kier alpha value is -2.67. The predicted molar refractivity (Wildman–Crippen MR) is 117 cm³/mol. The Bertz CT molecular complexity index is 963. The van der Waals surface area contributed by atoms with E-state index in [2.05, 4.69) is 0 Å². The molecule has 0 bridgehead atoms. The highest BCUT2D eigenvalue weighted by Crippen LogP contribution is 2.52. The highest BCUT2D eigenvalue weighted by molar-refractivity contribution is 5.93. The molecule has 1 heterocycles. The molecule has 1 saturated carbocycles. The molecule has 7 heteroatoms. The van der Waals surface area contributed by atoms with Crippen LogP contribution in [0.15, 0.2) is 46.1 Å². The van der Waals surface area contributed by atoms with Gasteiger partial charge in [-0.25, -0.2) is 14.4 Å². The summed E-state index contributed by atoms with van der Waals surface area (Å²) in [5.74, 6) is -2.42. The van der Waals surface area contributed by atoms with E-state index in [0.717, 1.165) is 5.57 Å². The maximum absolute atomic E-state index is 12.6. The minimum absolute atomic E-state index is 0.0501. The molecule has 2 aliphatic carbocycles. The summed E-state index contributed by atoms with van der Waals surface area (Å²) < 4.78 is 17.3. The molecule has 7 nitrogen and oxygen atoms in total. The number of aliphatic hydroxyl groups is 1. The molecule has 0 aromatic heterocycles. The number of hydrogen-bond donors (Lipinski definition) is 1. The normalized spacial score (nSPS) is 34.9. The van der Waals surface area contributed by atoms with E-state index < -0.39 is 53.7 Å². The first-order valence-electron chi connectivity index (χ1n) is 10.9. The minimum atomic E-state index is -1.37. The van der Waals surface area contributed by atoms with Crippen molar-refractivity contribution in [1.29, 1.82) is 0 Å². The molecule has 0 aromatic rings. The van der Waals surface area contributed by atoms with Gasteiger partial charge < -0.3 is 19.3 Å². The van der Waals surface area contributed by atoms with Crippen molar-refractivity contribution in [2.45, 2.75) is 78.8 Å². The third-order valence-corrected chi connectivity index (χ3v) is 6.97. The summed E-state index contributed by atoms with van der Waals surface area (Å²) in [5, 5.41) is 11.6. The lowest BCUT2D eigenvalue weighted by Gasteiger charge is -2.37. The van der Waals surface area contributed by atoms with E-state index in [1.807, 2.05) is 13.0 Å². The van der Waals surface area contributed by atoms with E-state index in [1.54, 1.807) is 53.7 Å². The van der Waals surface area contributed by atoms with Crippen molar-refractivity contribution >= 4 is 17.9 Å². The van der Waals surface area contributed by atoms with E-state index >= 15 is 0 Å². The van der Waals surface area contributed by atoms with Crippen LogP contribution in [-0.4, -0.2) is 46.9 Å². The van der Waals surface area contributed by atoms with Gasteiger partial charge in [0, 0.05) is 40.5 Å². The Morgan fingerprint density at radius 2 is 1.69 bits per heavy atom. The highest BCUT2D eigenvalue weighted by Gasteiger charge is 2.59. The van der Waals surface area contributed by atoms with Crippen molar-refractivity contribution < 1.29 is 33.7 Å². The SMILES string of the molecule is C/C=C(/C)C(=O)O[C@H]1C[C@](C)(O)[C@@H]2[C@@H](C(C)=C[C@H]2OC(=O)/C(C)=C\C)[C@@H]2OC(=O)C(C)=C12. The Labute approximate surface area is 188 Å². The molecule has 174 valence electrons. The fourth-order valence-electron chi connectivity index (χ4n) is 4.93. The second kappa shape index (κ2) is 8.70. The van der Waals surface area contributed by atoms with Crippen molar-refractivity contribution in [2.75, 3.05) is 0 Å². The van der Waals surface area contributed by atoms with E-state index in [0.29, 0.717) is 22.3 Å². The van der Waals surface area contributed by atoms with Gasteiger partial charge in [-0.1, -0.05) is 17.7 Å². The van der Waals surface area contributed by atoms with Crippen LogP contribution in [0.4, 0.5) is 0 Å². The predicted octanol–water partition coefficient (Wildman–Crippen LogP) is 3.33. The lowest BCUT2D eigenvalue weighted by atomic mass is 9.76. The first-order valence-corrected chi connectivity index (χ1v) is 10.9. The molecule has 0 radical (unpaired) electrons. The van der Waals surface area contributed by atoms with Crippen LogP contribution in [0.2, 0.25) is 0 Å². The molecule has 1 N–H and O–H groups in total. The maximum atomic E-state index is 12.6. The van der Waals surface area contributed by atoms with Gasteiger partial charge in [-0.05, 0) is 54.5 Å². The Morgan fingerprint density at radius 3 is 2.25 bits per heavy atom. The maximum Gasteiger partial charge on any atom is 0.334 e. The summed E-state index contributed by atoms with van der Waals surface area (Å²) in [6.45, 7) is 12.0. The number of fused-ring (bicyclic) bond motifs is 3. The summed E-state index contributed by atoms with van der Waals surface area (Å²) in [4.78, 5) is 37.6. The fraction of sp³-hybridized carbons (Fsp3) is 0.560. The third-order valence-electron chi connectivity index (χ3n) is 6.97. The van der Waals surface area contributed by atoms with Crippen LogP contribution < -0.4 is 0 Å². The molecule has 1 fully saturated rings. The second-order valence-electron chi connectivity index (χ2n) is 9.14. The number of carbonyl (C=O) groups excluding carboxylic acids is 3. The molecule has 0 aromatic carbocycles. The first kappa shape index (κ1) is 24.0. The van der Waals surface area contributed by atoms with Crippen LogP contribution >= 0.6 is 0 Å². The molecular formula is C25H32O7. The molecule has 3 aliphatic rings. The van der Waals surface area contributed by atoms with E-state index in [4.69, 9.17) is 14.2 Å². The lowest BCUT2D eigenvalue weighted by Crippen LogP contribution is -2.46. The average molecular weight is 445 g/mol. The summed E-state index contributed by atoms with van der Waals surface area (Å²) in [5.41, 5.74) is 1.34. The van der Waals surface area contributed by atoms with E-state index in [-0.39, 0.29) is 6.42 Å². The smallest absolute Gasteiger partial charge is 0.334 e. The molecule has 0 spiro atoms. The molecule has 0 unspecified atom stereocenters. The zero-order valence-corrected chi connectivity index (χ0v) is 19.7. The average Bonchev–Trinajstić information content (AvgIpc) is 3.18. The number of rotatable bonds is 4. The van der Waals surface area contributed by atoms with Crippen LogP contribution in [0.1, 0.15) is 54.9 Å². The van der Waals surface area contributed by atoms with Crippen molar-refractivity contribution in [3.8, 4) is 0 Å². The van der Waals surface area contributed by atoms with Crippen molar-refractivity contribution in [3.05, 3.63) is 46.1 Å². The van der Waals surface area contributed by atoms with E-state index in [9.17, 15) is 19.5 Å². The number of carbonyl (C=O) groups is 3. The highest BCUT2D eigenvalue weighted by atomic mass is 16.6. The van der Waals surface area contributed by atoms with Crippen LogP contribution in [0.3, 0.4) is 0 Å². The largest absolute Gasteiger partial charge is 0.454 e. The van der Waals surface area contributed by atoms with Crippen LogP contribution in [0.5, 0.6) is 0 Å². The second-order valence-corrected chi connectivity index (χ2v) is 9.14. The zero-order chi connectivity index (χ0) is 24.0. The monoisotopic (exact) mass is 444 g/mol. The van der Waals surface area contributed by atoms with Gasteiger partial charge in [0.1, 0.15) is 18.3 Å². The molecule has 0 amide bonds. The lowest BCUT2D eigenvalue weighted by molar-refractivity contribution is -0.156. The number of hydrogen-bond acceptors (Lipinski definition) is 7. The zero-order valence-electron chi connectivity index (χ0n) is 19.7. The summed E-state index contributed by atoms with van der Waals surface area (Å²) in [6.07, 6.45) is 2.94. The van der Waals surface area contributed by atoms with Gasteiger partial charge in [-0.2, -0.15) is 0 Å². The van der Waals surface area contributed by atoms with Gasteiger partial charge in [0.15, 0.2) is 0 Å². The number of esters is 3. The fourth-order valence-corrected chi connectivity index (χ4v) is 4.93. The van der Waals surface area contributed by atoms with Gasteiger partial charge in [0.25, 0.3) is 0 Å². The van der Waals surface area contributed by atoms with Gasteiger partial charge in [-0.3, -0.25) is 0 Å². The molecule has 32 heavy (non-hydrogen) atoms. The van der Waals surface area contributed by atoms with Gasteiger partial charge in [-0.15, -0.1) is 0 Å². The van der Waals surface area contributed by atoms with E-state index in [1.165, 1.54) is 0 Å². The van der Waals surface area contributed by atoms with Crippen molar-refractivity contribution in [1.82, 2.24) is 0 Å².